The summed E-state index contributed by atoms with van der Waals surface area (Å²) in [6.07, 6.45) is 0. The lowest BCUT2D eigenvalue weighted by Gasteiger charge is -2.13. The highest BCUT2D eigenvalue weighted by Crippen LogP contribution is 2.36. The molecule has 0 heterocycles. The maximum atomic E-state index is 5.35. The molecule has 0 aromatic heterocycles. The van der Waals surface area contributed by atoms with E-state index in [9.17, 15) is 0 Å². The van der Waals surface area contributed by atoms with Crippen molar-refractivity contribution in [2.75, 3.05) is 14.2 Å². The molecule has 112 valence electrons. The van der Waals surface area contributed by atoms with Crippen molar-refractivity contribution in [3.8, 4) is 11.5 Å². The van der Waals surface area contributed by atoms with Gasteiger partial charge in [0.25, 0.3) is 0 Å². The second-order valence-corrected chi connectivity index (χ2v) is 6.22. The molecule has 0 aliphatic carbocycles. The predicted octanol–water partition coefficient (Wildman–Crippen LogP) is 4.52. The predicted molar refractivity (Wildman–Crippen MR) is 91.9 cm³/mol. The molecule has 0 saturated heterocycles. The minimum atomic E-state index is 0.715. The molecular formula is C16H17Br2NO2. The Kier molecular flexibility index (Phi) is 6.08. The van der Waals surface area contributed by atoms with Gasteiger partial charge in [-0.25, -0.2) is 0 Å². The van der Waals surface area contributed by atoms with Crippen molar-refractivity contribution >= 4 is 31.9 Å². The van der Waals surface area contributed by atoms with Crippen LogP contribution in [-0.4, -0.2) is 14.2 Å². The smallest absolute Gasteiger partial charge is 0.174 e. The molecule has 2 rings (SSSR count). The number of hydrogen-bond acceptors (Lipinski definition) is 3. The summed E-state index contributed by atoms with van der Waals surface area (Å²) in [5, 5.41) is 3.43. The van der Waals surface area contributed by atoms with Gasteiger partial charge in [0.05, 0.1) is 18.7 Å². The Labute approximate surface area is 141 Å². The lowest BCUT2D eigenvalue weighted by Crippen LogP contribution is -2.13. The van der Waals surface area contributed by atoms with Crippen LogP contribution in [0.2, 0.25) is 0 Å². The largest absolute Gasteiger partial charge is 0.493 e. The summed E-state index contributed by atoms with van der Waals surface area (Å²) in [5.74, 6) is 1.44. The van der Waals surface area contributed by atoms with E-state index < -0.39 is 0 Å². The zero-order chi connectivity index (χ0) is 15.2. The van der Waals surface area contributed by atoms with Crippen LogP contribution in [0.15, 0.2) is 45.3 Å². The first-order valence-electron chi connectivity index (χ1n) is 6.50. The molecule has 0 radical (unpaired) electrons. The Morgan fingerprint density at radius 2 is 1.71 bits per heavy atom. The average molecular weight is 415 g/mol. The van der Waals surface area contributed by atoms with Gasteiger partial charge in [0.2, 0.25) is 0 Å². The second kappa shape index (κ2) is 7.82. The second-order valence-electron chi connectivity index (χ2n) is 4.51. The Morgan fingerprint density at radius 3 is 2.38 bits per heavy atom. The molecule has 0 aliphatic heterocycles. The van der Waals surface area contributed by atoms with Gasteiger partial charge < -0.3 is 14.8 Å². The summed E-state index contributed by atoms with van der Waals surface area (Å²) < 4.78 is 12.7. The van der Waals surface area contributed by atoms with Crippen LogP contribution in [0.5, 0.6) is 11.5 Å². The fraction of sp³-hybridized carbons (Fsp3) is 0.250. The monoisotopic (exact) mass is 413 g/mol. The van der Waals surface area contributed by atoms with Crippen LogP contribution in [-0.2, 0) is 13.1 Å². The van der Waals surface area contributed by atoms with Crippen molar-refractivity contribution in [3.05, 3.63) is 56.5 Å². The van der Waals surface area contributed by atoms with Gasteiger partial charge in [-0.05, 0) is 45.3 Å². The van der Waals surface area contributed by atoms with E-state index in [1.807, 2.05) is 30.3 Å². The van der Waals surface area contributed by atoms with Gasteiger partial charge in [-0.3, -0.25) is 0 Å². The highest BCUT2D eigenvalue weighted by atomic mass is 79.9. The van der Waals surface area contributed by atoms with Crippen LogP contribution in [0, 0.1) is 0 Å². The highest BCUT2D eigenvalue weighted by molar-refractivity contribution is 9.10. The van der Waals surface area contributed by atoms with Gasteiger partial charge in [0.15, 0.2) is 11.5 Å². The zero-order valence-electron chi connectivity index (χ0n) is 12.0. The van der Waals surface area contributed by atoms with Crippen LogP contribution in [0.3, 0.4) is 0 Å². The van der Waals surface area contributed by atoms with Crippen molar-refractivity contribution in [3.63, 3.8) is 0 Å². The number of methoxy groups -OCH3 is 2. The summed E-state index contributed by atoms with van der Waals surface area (Å²) in [7, 11) is 3.27. The molecule has 0 spiro atoms. The van der Waals surface area contributed by atoms with Gasteiger partial charge in [-0.1, -0.05) is 34.1 Å². The molecule has 21 heavy (non-hydrogen) atoms. The molecule has 0 saturated carbocycles. The van der Waals surface area contributed by atoms with Crippen molar-refractivity contribution in [2.45, 2.75) is 13.1 Å². The topological polar surface area (TPSA) is 30.5 Å². The maximum absolute atomic E-state index is 5.35. The van der Waals surface area contributed by atoms with Crippen LogP contribution in [0.4, 0.5) is 0 Å². The molecule has 5 heteroatoms. The normalized spacial score (nSPS) is 10.5. The molecule has 3 nitrogen and oxygen atoms in total. The number of ether oxygens (including phenoxy) is 2. The Hall–Kier alpha value is -1.04. The van der Waals surface area contributed by atoms with E-state index in [1.54, 1.807) is 14.2 Å². The zero-order valence-corrected chi connectivity index (χ0v) is 15.1. The summed E-state index contributed by atoms with van der Waals surface area (Å²) >= 11 is 7.06. The number of nitrogens with one attached hydrogen (secondary N) is 1. The van der Waals surface area contributed by atoms with Gasteiger partial charge in [-0.15, -0.1) is 0 Å². The van der Waals surface area contributed by atoms with E-state index in [0.717, 1.165) is 33.3 Å². The Balaban J connectivity index is 2.04. The first kappa shape index (κ1) is 16.3. The van der Waals surface area contributed by atoms with Crippen LogP contribution in [0.25, 0.3) is 0 Å². The number of halogens is 2. The summed E-state index contributed by atoms with van der Waals surface area (Å²) in [6.45, 7) is 1.55. The Morgan fingerprint density at radius 1 is 0.952 bits per heavy atom. The number of hydrogen-bond donors (Lipinski definition) is 1. The minimum absolute atomic E-state index is 0.715. The average Bonchev–Trinajstić information content (AvgIpc) is 2.48. The molecule has 0 atom stereocenters. The van der Waals surface area contributed by atoms with E-state index in [1.165, 1.54) is 5.56 Å². The summed E-state index contributed by atoms with van der Waals surface area (Å²) in [6, 6.07) is 12.2. The fourth-order valence-corrected chi connectivity index (χ4v) is 3.13. The third kappa shape index (κ3) is 4.22. The van der Waals surface area contributed by atoms with Gasteiger partial charge in [0, 0.05) is 17.6 Å². The molecule has 0 unspecified atom stereocenters. The van der Waals surface area contributed by atoms with Crippen molar-refractivity contribution in [2.24, 2.45) is 0 Å². The molecular weight excluding hydrogens is 398 g/mol. The van der Waals surface area contributed by atoms with Crippen LogP contribution >= 0.6 is 31.9 Å². The third-order valence-corrected chi connectivity index (χ3v) is 4.46. The molecule has 2 aromatic rings. The highest BCUT2D eigenvalue weighted by Gasteiger charge is 2.10. The van der Waals surface area contributed by atoms with Crippen LogP contribution in [0.1, 0.15) is 11.1 Å². The quantitative estimate of drug-likeness (QED) is 0.753. The molecule has 0 aliphatic rings. The van der Waals surface area contributed by atoms with E-state index in [4.69, 9.17) is 9.47 Å². The molecule has 0 bridgehead atoms. The minimum Gasteiger partial charge on any atom is -0.493 e. The van der Waals surface area contributed by atoms with Crippen LogP contribution < -0.4 is 14.8 Å². The summed E-state index contributed by atoms with van der Waals surface area (Å²) in [4.78, 5) is 0. The Bertz CT molecular complexity index is 617. The van der Waals surface area contributed by atoms with Gasteiger partial charge >= 0.3 is 0 Å². The van der Waals surface area contributed by atoms with Crippen molar-refractivity contribution < 1.29 is 9.47 Å². The van der Waals surface area contributed by atoms with E-state index >= 15 is 0 Å². The molecule has 2 aromatic carbocycles. The van der Waals surface area contributed by atoms with Gasteiger partial charge in [0.1, 0.15) is 0 Å². The first-order valence-corrected chi connectivity index (χ1v) is 8.08. The van der Waals surface area contributed by atoms with E-state index in [2.05, 4.69) is 43.2 Å². The van der Waals surface area contributed by atoms with E-state index in [0.29, 0.717) is 5.75 Å². The summed E-state index contributed by atoms with van der Waals surface area (Å²) in [5.41, 5.74) is 2.36. The first-order chi connectivity index (χ1) is 10.2. The lowest BCUT2D eigenvalue weighted by atomic mass is 10.2. The van der Waals surface area contributed by atoms with Crippen molar-refractivity contribution in [1.29, 1.82) is 0 Å². The SMILES string of the molecule is COc1cc(CNCc2ccccc2Br)cc(Br)c1OC. The standard InChI is InChI=1S/C16H17Br2NO2/c1-20-15-8-11(7-14(18)16(15)21-2)9-19-10-12-5-3-4-6-13(12)17/h3-8,19H,9-10H2,1-2H3. The molecule has 0 fully saturated rings. The van der Waals surface area contributed by atoms with Gasteiger partial charge in [-0.2, -0.15) is 0 Å². The molecule has 0 amide bonds. The number of rotatable bonds is 6. The van der Waals surface area contributed by atoms with Crippen molar-refractivity contribution in [1.82, 2.24) is 5.32 Å². The molecule has 1 N–H and O–H groups in total. The lowest BCUT2D eigenvalue weighted by molar-refractivity contribution is 0.352. The fourth-order valence-electron chi connectivity index (χ4n) is 2.06. The van der Waals surface area contributed by atoms with E-state index in [-0.39, 0.29) is 0 Å². The maximum Gasteiger partial charge on any atom is 0.174 e. The third-order valence-electron chi connectivity index (χ3n) is 3.10. The number of benzene rings is 2.